The molecule has 0 atom stereocenters. The molecule has 2 rings (SSSR count). The van der Waals surface area contributed by atoms with Crippen molar-refractivity contribution in [2.45, 2.75) is 25.7 Å². The van der Waals surface area contributed by atoms with Crippen LogP contribution in [0.25, 0.3) is 0 Å². The van der Waals surface area contributed by atoms with Crippen molar-refractivity contribution in [2.75, 3.05) is 33.4 Å². The number of hydrogen-bond acceptors (Lipinski definition) is 5. The van der Waals surface area contributed by atoms with Crippen molar-refractivity contribution in [1.82, 2.24) is 15.5 Å². The lowest BCUT2D eigenvalue weighted by Crippen LogP contribution is -2.40. The molecule has 0 unspecified atom stereocenters. The van der Waals surface area contributed by atoms with Crippen LogP contribution in [-0.4, -0.2) is 64.4 Å². The van der Waals surface area contributed by atoms with Crippen molar-refractivity contribution in [3.05, 3.63) is 21.3 Å². The van der Waals surface area contributed by atoms with E-state index in [-0.39, 0.29) is 23.7 Å². The second-order valence-corrected chi connectivity index (χ2v) is 10.6. The maximum atomic E-state index is 12.4. The Bertz CT molecular complexity index is 859. The van der Waals surface area contributed by atoms with Crippen LogP contribution in [-0.2, 0) is 14.8 Å². The number of hydrogen-bond donors (Lipinski definition) is 2. The fourth-order valence-electron chi connectivity index (χ4n) is 3.33. The van der Waals surface area contributed by atoms with Gasteiger partial charge in [0.2, 0.25) is 5.91 Å². The normalized spacial score (nSPS) is 20.2. The smallest absolute Gasteiger partial charge is 0.261 e. The van der Waals surface area contributed by atoms with Gasteiger partial charge in [-0.3, -0.25) is 9.59 Å². The summed E-state index contributed by atoms with van der Waals surface area (Å²) in [5.41, 5.74) is 0. The molecule has 0 radical (unpaired) electrons. The van der Waals surface area contributed by atoms with Gasteiger partial charge in [0.05, 0.1) is 15.5 Å². The molecule has 1 aliphatic rings. The van der Waals surface area contributed by atoms with Crippen molar-refractivity contribution in [3.8, 4) is 0 Å². The molecule has 1 aromatic rings. The van der Waals surface area contributed by atoms with E-state index in [4.69, 9.17) is 11.6 Å². The lowest BCUT2D eigenvalue weighted by molar-refractivity contribution is -0.126. The number of carbonyl (C=O) groups excluding carboxylic acids is 2. The number of halogens is 1. The van der Waals surface area contributed by atoms with Gasteiger partial charge in [-0.25, -0.2) is 8.42 Å². The summed E-state index contributed by atoms with van der Waals surface area (Å²) in [6, 6.07) is 3.33. The third kappa shape index (κ3) is 7.60. The number of rotatable bonds is 7. The molecule has 0 spiro atoms. The van der Waals surface area contributed by atoms with Gasteiger partial charge in [0, 0.05) is 39.0 Å². The predicted molar refractivity (Wildman–Crippen MR) is 116 cm³/mol. The summed E-state index contributed by atoms with van der Waals surface area (Å²) < 4.78 is 27.5. The highest BCUT2D eigenvalue weighted by molar-refractivity contribution is 7.89. The molecule has 0 bridgehead atoms. The van der Waals surface area contributed by atoms with Crippen LogP contribution >= 0.6 is 22.9 Å². The third-order valence-electron chi connectivity index (χ3n) is 4.69. The quantitative estimate of drug-likeness (QED) is 0.366. The summed E-state index contributed by atoms with van der Waals surface area (Å²) in [5.74, 6) is 0.212. The first-order valence-corrected chi connectivity index (χ1v) is 12.4. The first-order valence-electron chi connectivity index (χ1n) is 9.35. The average Bonchev–Trinajstić information content (AvgIpc) is 3.08. The molecule has 0 aliphatic heterocycles. The van der Waals surface area contributed by atoms with E-state index in [0.29, 0.717) is 53.8 Å². The van der Waals surface area contributed by atoms with Crippen LogP contribution in [0.4, 0.5) is 0 Å². The number of thiophene rings is 1. The minimum Gasteiger partial charge on any atom is -0.365 e. The Morgan fingerprint density at radius 1 is 1.14 bits per heavy atom. The average molecular weight is 463 g/mol. The van der Waals surface area contributed by atoms with Crippen molar-refractivity contribution < 1.29 is 18.0 Å². The first kappa shape index (κ1) is 23.6. The molecule has 162 valence electrons. The third-order valence-corrected chi connectivity index (χ3v) is 6.44. The molecule has 0 saturated heterocycles. The van der Waals surface area contributed by atoms with Crippen LogP contribution in [0.15, 0.2) is 16.5 Å². The van der Waals surface area contributed by atoms with Gasteiger partial charge in [-0.15, -0.1) is 11.3 Å². The van der Waals surface area contributed by atoms with Crippen LogP contribution in [0.5, 0.6) is 0 Å². The molecular weight excluding hydrogens is 436 g/mol. The molecule has 8 nitrogen and oxygen atoms in total. The molecule has 1 fully saturated rings. The number of amides is 2. The standard InChI is InChI=1S/C18H27ClN4O4S2/c1-23(2)16(22-29(3,26)27)12-4-6-13(7-5-12)17(24)20-10-11-21-18(25)14-8-9-15(19)28-14/h8-9,12-13H,4-7,10-11H2,1-3H3,(H,20,24)(H,21,25)/b22-16-. The van der Waals surface area contributed by atoms with Gasteiger partial charge in [-0.2, -0.15) is 4.40 Å². The zero-order valence-corrected chi connectivity index (χ0v) is 19.2. The van der Waals surface area contributed by atoms with Gasteiger partial charge < -0.3 is 15.5 Å². The highest BCUT2D eigenvalue weighted by Gasteiger charge is 2.30. The Balaban J connectivity index is 1.75. The largest absolute Gasteiger partial charge is 0.365 e. The number of sulfonamides is 1. The molecule has 1 aromatic heterocycles. The van der Waals surface area contributed by atoms with Crippen molar-refractivity contribution >= 4 is 50.6 Å². The Kier molecular flexibility index (Phi) is 8.47. The van der Waals surface area contributed by atoms with E-state index >= 15 is 0 Å². The molecule has 1 saturated carbocycles. The first-order chi connectivity index (χ1) is 13.6. The Labute approximate surface area is 180 Å². The topological polar surface area (TPSA) is 108 Å². The summed E-state index contributed by atoms with van der Waals surface area (Å²) in [7, 11) is 0.0956. The number of carbonyl (C=O) groups is 2. The monoisotopic (exact) mass is 462 g/mol. The molecule has 2 amide bonds. The van der Waals surface area contributed by atoms with Crippen LogP contribution in [0, 0.1) is 11.8 Å². The minimum absolute atomic E-state index is 0.0284. The van der Waals surface area contributed by atoms with Gasteiger partial charge in [0.1, 0.15) is 5.84 Å². The van der Waals surface area contributed by atoms with Crippen LogP contribution in [0.2, 0.25) is 4.34 Å². The SMILES string of the molecule is CN(C)/C(=N\S(C)(=O)=O)C1CCC(C(=O)NCCNC(=O)c2ccc(Cl)s2)CC1. The van der Waals surface area contributed by atoms with Crippen LogP contribution in [0.3, 0.4) is 0 Å². The highest BCUT2D eigenvalue weighted by Crippen LogP contribution is 2.30. The summed E-state index contributed by atoms with van der Waals surface area (Å²) in [5, 5.41) is 5.60. The van der Waals surface area contributed by atoms with Gasteiger partial charge >= 0.3 is 0 Å². The second-order valence-electron chi connectivity index (χ2n) is 7.28. The molecule has 0 aromatic carbocycles. The molecule has 1 heterocycles. The van der Waals surface area contributed by atoms with Crippen molar-refractivity contribution in [2.24, 2.45) is 16.2 Å². The fourth-order valence-corrected chi connectivity index (χ4v) is 4.95. The Morgan fingerprint density at radius 2 is 1.72 bits per heavy atom. The molecular formula is C18H27ClN4O4S2. The highest BCUT2D eigenvalue weighted by atomic mass is 35.5. The van der Waals surface area contributed by atoms with E-state index in [2.05, 4.69) is 15.0 Å². The summed E-state index contributed by atoms with van der Waals surface area (Å²) in [6.45, 7) is 0.684. The van der Waals surface area contributed by atoms with E-state index in [9.17, 15) is 18.0 Å². The zero-order valence-electron chi connectivity index (χ0n) is 16.8. The van der Waals surface area contributed by atoms with E-state index in [1.807, 2.05) is 0 Å². The predicted octanol–water partition coefficient (Wildman–Crippen LogP) is 1.97. The Hall–Kier alpha value is -1.65. The number of amidine groups is 1. The van der Waals surface area contributed by atoms with Gasteiger partial charge in [0.25, 0.3) is 15.9 Å². The molecule has 29 heavy (non-hydrogen) atoms. The maximum Gasteiger partial charge on any atom is 0.261 e. The van der Waals surface area contributed by atoms with Crippen LogP contribution < -0.4 is 10.6 Å². The lowest BCUT2D eigenvalue weighted by atomic mass is 9.80. The van der Waals surface area contributed by atoms with Crippen molar-refractivity contribution in [3.63, 3.8) is 0 Å². The molecule has 11 heteroatoms. The van der Waals surface area contributed by atoms with E-state index in [1.54, 1.807) is 31.1 Å². The number of nitrogens with zero attached hydrogens (tertiary/aromatic N) is 2. The van der Waals surface area contributed by atoms with Gasteiger partial charge in [-0.05, 0) is 37.8 Å². The summed E-state index contributed by atoms with van der Waals surface area (Å²) >= 11 is 7.02. The fraction of sp³-hybridized carbons (Fsp3) is 0.611. The maximum absolute atomic E-state index is 12.4. The van der Waals surface area contributed by atoms with E-state index in [0.717, 1.165) is 6.26 Å². The summed E-state index contributed by atoms with van der Waals surface area (Å²) in [6.07, 6.45) is 3.85. The summed E-state index contributed by atoms with van der Waals surface area (Å²) in [4.78, 5) is 26.6. The van der Waals surface area contributed by atoms with Gasteiger partial charge in [-0.1, -0.05) is 11.6 Å². The van der Waals surface area contributed by atoms with E-state index in [1.165, 1.54) is 11.3 Å². The zero-order chi connectivity index (χ0) is 21.6. The minimum atomic E-state index is -3.46. The van der Waals surface area contributed by atoms with Crippen molar-refractivity contribution in [1.29, 1.82) is 0 Å². The van der Waals surface area contributed by atoms with Crippen LogP contribution in [0.1, 0.15) is 35.4 Å². The van der Waals surface area contributed by atoms with Gasteiger partial charge in [0.15, 0.2) is 0 Å². The number of nitrogens with one attached hydrogen (secondary N) is 2. The molecule has 1 aliphatic carbocycles. The molecule has 2 N–H and O–H groups in total. The second kappa shape index (κ2) is 10.4. The Morgan fingerprint density at radius 3 is 2.24 bits per heavy atom. The lowest BCUT2D eigenvalue weighted by Gasteiger charge is -2.31. The van der Waals surface area contributed by atoms with E-state index < -0.39 is 10.0 Å².